The van der Waals surface area contributed by atoms with E-state index >= 15 is 0 Å². The maximum Gasteiger partial charge on any atom is 0.231 e. The Morgan fingerprint density at radius 2 is 1.78 bits per heavy atom. The molecule has 1 saturated carbocycles. The summed E-state index contributed by atoms with van der Waals surface area (Å²) in [4.78, 5) is 3.17. The van der Waals surface area contributed by atoms with E-state index in [1.165, 1.54) is 11.6 Å². The van der Waals surface area contributed by atoms with Crippen LogP contribution in [0.3, 0.4) is 0 Å². The van der Waals surface area contributed by atoms with Crippen LogP contribution in [0.4, 0.5) is 8.78 Å². The molecule has 4 heteroatoms. The van der Waals surface area contributed by atoms with E-state index in [1.807, 2.05) is 0 Å². The lowest BCUT2D eigenvalue weighted by molar-refractivity contribution is 0.309. The van der Waals surface area contributed by atoms with Crippen molar-refractivity contribution in [3.05, 3.63) is 59.4 Å². The molecule has 2 aromatic rings. The van der Waals surface area contributed by atoms with Crippen LogP contribution >= 0.6 is 0 Å². The Kier molecular flexibility index (Phi) is 6.81. The summed E-state index contributed by atoms with van der Waals surface area (Å²) in [5, 5.41) is 0. The molecule has 0 spiro atoms. The van der Waals surface area contributed by atoms with Gasteiger partial charge in [0.1, 0.15) is 5.75 Å². The average Bonchev–Trinajstić information content (AvgIpc) is 2.69. The van der Waals surface area contributed by atoms with E-state index < -0.39 is 11.9 Å². The molecule has 2 nitrogen and oxygen atoms in total. The molecular weight excluding hydrogens is 344 g/mol. The van der Waals surface area contributed by atoms with Crippen LogP contribution in [0.25, 0.3) is 0 Å². The summed E-state index contributed by atoms with van der Waals surface area (Å²) in [5.41, 5.74) is 1.51. The van der Waals surface area contributed by atoms with E-state index in [4.69, 9.17) is 4.74 Å². The first-order valence-corrected chi connectivity index (χ1v) is 9.72. The molecule has 3 rings (SSSR count). The van der Waals surface area contributed by atoms with Gasteiger partial charge in [0, 0.05) is 5.92 Å². The van der Waals surface area contributed by atoms with E-state index in [2.05, 4.69) is 48.0 Å². The lowest BCUT2D eigenvalue weighted by Gasteiger charge is -2.26. The predicted molar refractivity (Wildman–Crippen MR) is 103 cm³/mol. The van der Waals surface area contributed by atoms with Gasteiger partial charge in [-0.05, 0) is 67.9 Å². The number of hydrogen-bond acceptors (Lipinski definition) is 2. The van der Waals surface area contributed by atoms with Gasteiger partial charge < -0.3 is 4.74 Å². The van der Waals surface area contributed by atoms with Crippen molar-refractivity contribution in [1.29, 1.82) is 0 Å². The van der Waals surface area contributed by atoms with Crippen LogP contribution < -0.4 is 4.74 Å². The number of aromatic nitrogens is 1. The molecule has 1 aromatic heterocycles. The van der Waals surface area contributed by atoms with E-state index in [1.54, 1.807) is 0 Å². The maximum atomic E-state index is 13.6. The number of pyridine rings is 1. The summed E-state index contributed by atoms with van der Waals surface area (Å²) in [7, 11) is 0. The van der Waals surface area contributed by atoms with Gasteiger partial charge in [0.25, 0.3) is 0 Å². The molecule has 1 heterocycles. The Morgan fingerprint density at radius 3 is 2.44 bits per heavy atom. The molecule has 0 N–H and O–H groups in total. The second-order valence-electron chi connectivity index (χ2n) is 7.06. The summed E-state index contributed by atoms with van der Waals surface area (Å²) >= 11 is 0. The largest absolute Gasteiger partial charge is 0.494 e. The minimum absolute atomic E-state index is 0.164. The fraction of sp³-hybridized carbons (Fsp3) is 0.435. The average molecular weight is 369 g/mol. The molecule has 142 valence electrons. The third-order valence-corrected chi connectivity index (χ3v) is 5.07. The Bertz CT molecular complexity index is 799. The Morgan fingerprint density at radius 1 is 1.04 bits per heavy atom. The monoisotopic (exact) mass is 369 g/mol. The SMILES string of the molecule is CCCCOc1ccc(C2CCC(C#Cc3ccc(F)nc3F)CC2)cc1. The van der Waals surface area contributed by atoms with Gasteiger partial charge in [0.15, 0.2) is 0 Å². The van der Waals surface area contributed by atoms with Crippen molar-refractivity contribution in [2.24, 2.45) is 5.92 Å². The molecule has 0 unspecified atom stereocenters. The zero-order valence-electron chi connectivity index (χ0n) is 15.7. The topological polar surface area (TPSA) is 22.1 Å². The summed E-state index contributed by atoms with van der Waals surface area (Å²) in [6, 6.07) is 10.9. The lowest BCUT2D eigenvalue weighted by Crippen LogP contribution is -2.12. The van der Waals surface area contributed by atoms with Crippen molar-refractivity contribution in [3.63, 3.8) is 0 Å². The van der Waals surface area contributed by atoms with Crippen molar-refractivity contribution in [2.45, 2.75) is 51.4 Å². The first-order valence-electron chi connectivity index (χ1n) is 9.72. The third kappa shape index (κ3) is 5.53. The van der Waals surface area contributed by atoms with Crippen LogP contribution in [0.1, 0.15) is 62.5 Å². The normalized spacial score (nSPS) is 19.2. The summed E-state index contributed by atoms with van der Waals surface area (Å²) in [5.74, 6) is 6.03. The first-order chi connectivity index (χ1) is 13.2. The third-order valence-electron chi connectivity index (χ3n) is 5.07. The Hall–Kier alpha value is -2.41. The minimum Gasteiger partial charge on any atom is -0.494 e. The summed E-state index contributed by atoms with van der Waals surface area (Å²) in [6.45, 7) is 2.92. The maximum absolute atomic E-state index is 13.6. The quantitative estimate of drug-likeness (QED) is 0.374. The van der Waals surface area contributed by atoms with Crippen LogP contribution in [0, 0.1) is 29.7 Å². The van der Waals surface area contributed by atoms with E-state index in [0.29, 0.717) is 5.92 Å². The van der Waals surface area contributed by atoms with Crippen LogP contribution in [0.2, 0.25) is 0 Å². The van der Waals surface area contributed by atoms with Gasteiger partial charge in [-0.25, -0.2) is 0 Å². The second-order valence-corrected chi connectivity index (χ2v) is 7.06. The smallest absolute Gasteiger partial charge is 0.231 e. The number of hydrogen-bond donors (Lipinski definition) is 0. The summed E-state index contributed by atoms with van der Waals surface area (Å²) in [6.07, 6.45) is 6.32. The second kappa shape index (κ2) is 9.50. The molecule has 0 aliphatic heterocycles. The highest BCUT2D eigenvalue weighted by Gasteiger charge is 2.21. The predicted octanol–water partition coefficient (Wildman–Crippen LogP) is 5.86. The van der Waals surface area contributed by atoms with Gasteiger partial charge in [-0.15, -0.1) is 0 Å². The van der Waals surface area contributed by atoms with Gasteiger partial charge in [-0.1, -0.05) is 37.3 Å². The molecule has 0 radical (unpaired) electrons. The van der Waals surface area contributed by atoms with Gasteiger partial charge in [0.05, 0.1) is 12.2 Å². The number of rotatable bonds is 5. The van der Waals surface area contributed by atoms with Crippen molar-refractivity contribution in [2.75, 3.05) is 6.61 Å². The Balaban J connectivity index is 1.52. The van der Waals surface area contributed by atoms with E-state index in [9.17, 15) is 8.78 Å². The molecule has 0 atom stereocenters. The first kappa shape index (κ1) is 19.4. The molecule has 1 aliphatic carbocycles. The highest BCUT2D eigenvalue weighted by Crippen LogP contribution is 2.36. The molecule has 0 bridgehead atoms. The number of ether oxygens (including phenoxy) is 1. The molecule has 0 saturated heterocycles. The van der Waals surface area contributed by atoms with Crippen molar-refractivity contribution in [3.8, 4) is 17.6 Å². The lowest BCUT2D eigenvalue weighted by atomic mass is 9.79. The van der Waals surface area contributed by atoms with Crippen LogP contribution in [-0.2, 0) is 0 Å². The van der Waals surface area contributed by atoms with Crippen molar-refractivity contribution < 1.29 is 13.5 Å². The highest BCUT2D eigenvalue weighted by molar-refractivity contribution is 5.34. The van der Waals surface area contributed by atoms with Crippen molar-refractivity contribution in [1.82, 2.24) is 4.98 Å². The molecule has 1 aromatic carbocycles. The van der Waals surface area contributed by atoms with Crippen molar-refractivity contribution >= 4 is 0 Å². The molecular formula is C23H25F2NO. The van der Waals surface area contributed by atoms with Crippen LogP contribution in [0.15, 0.2) is 36.4 Å². The zero-order valence-corrected chi connectivity index (χ0v) is 15.7. The molecule has 27 heavy (non-hydrogen) atoms. The van der Waals surface area contributed by atoms with Gasteiger partial charge in [0.2, 0.25) is 11.9 Å². The van der Waals surface area contributed by atoms with Crippen LogP contribution in [-0.4, -0.2) is 11.6 Å². The molecule has 0 amide bonds. The number of nitrogens with zero attached hydrogens (tertiary/aromatic N) is 1. The van der Waals surface area contributed by atoms with Gasteiger partial charge in [-0.3, -0.25) is 0 Å². The summed E-state index contributed by atoms with van der Waals surface area (Å²) < 4.78 is 32.1. The zero-order chi connectivity index (χ0) is 19.1. The standard InChI is InChI=1S/C23H25F2NO/c1-2-3-16-27-21-13-10-19(11-14-21)18-7-4-17(5-8-18)6-9-20-12-15-22(24)26-23(20)25/h10-15,17-18H,2-5,7-8,16H2,1H3. The molecule has 1 fully saturated rings. The number of benzene rings is 1. The minimum atomic E-state index is -0.836. The Labute approximate surface area is 160 Å². The number of unbranched alkanes of at least 4 members (excludes halogenated alkanes) is 1. The van der Waals surface area contributed by atoms with E-state index in [0.717, 1.165) is 56.9 Å². The van der Waals surface area contributed by atoms with Gasteiger partial charge in [-0.2, -0.15) is 13.8 Å². The van der Waals surface area contributed by atoms with Gasteiger partial charge >= 0.3 is 0 Å². The fourth-order valence-electron chi connectivity index (χ4n) is 3.43. The number of halogens is 2. The highest BCUT2D eigenvalue weighted by atomic mass is 19.1. The van der Waals surface area contributed by atoms with Crippen LogP contribution in [0.5, 0.6) is 5.75 Å². The fourth-order valence-corrected chi connectivity index (χ4v) is 3.43. The molecule has 1 aliphatic rings. The van der Waals surface area contributed by atoms with E-state index in [-0.39, 0.29) is 11.5 Å².